The number of anilines is 1. The summed E-state index contributed by atoms with van der Waals surface area (Å²) >= 11 is 0. The van der Waals surface area contributed by atoms with Gasteiger partial charge in [-0.1, -0.05) is 54.6 Å². The number of hydrogen-bond acceptors (Lipinski definition) is 7. The zero-order valence-electron chi connectivity index (χ0n) is 24.5. The number of nitro groups is 1. The number of fused-ring (bicyclic) bond motifs is 6. The summed E-state index contributed by atoms with van der Waals surface area (Å²) in [5.41, 5.74) is 1.48. The standard InChI is InChI=1S/C36H29N3O6/c1-21(2)45-26-16-14-23(15-17-26)33(41)31-30(32(40)24-9-7-10-25(20-24)39(43)44)36(28-12-5-6-13-29(28)37-35(36)42)34-27-11-4-3-8-22(27)18-19-38(31)34/h3-21,30-31,34H,1-2H3,(H,37,42)/t30-,31-,34-,36+/m1/s1. The van der Waals surface area contributed by atoms with Gasteiger partial charge in [0.05, 0.1) is 23.0 Å². The lowest BCUT2D eigenvalue weighted by Gasteiger charge is -2.38. The highest BCUT2D eigenvalue weighted by Crippen LogP contribution is 2.62. The summed E-state index contributed by atoms with van der Waals surface area (Å²) < 4.78 is 5.78. The SMILES string of the molecule is CC(C)Oc1ccc(C(=O)[C@H]2[C@H](C(=O)c3cccc([N+](=O)[O-])c3)[C@]3(C(=O)Nc4ccccc43)[C@H]3c4ccccc4C=CN23)cc1. The number of ether oxygens (including phenoxy) is 1. The fourth-order valence-corrected chi connectivity index (χ4v) is 7.26. The molecular formula is C36H29N3O6. The normalized spacial score (nSPS) is 22.5. The zero-order chi connectivity index (χ0) is 31.5. The molecule has 0 radical (unpaired) electrons. The molecule has 7 rings (SSSR count). The van der Waals surface area contributed by atoms with Gasteiger partial charge in [-0.2, -0.15) is 0 Å². The summed E-state index contributed by atoms with van der Waals surface area (Å²) in [7, 11) is 0. The van der Waals surface area contributed by atoms with Gasteiger partial charge in [0.2, 0.25) is 5.91 Å². The molecule has 1 spiro atoms. The molecule has 3 aliphatic rings. The summed E-state index contributed by atoms with van der Waals surface area (Å²) in [6, 6.07) is 25.3. The van der Waals surface area contributed by atoms with Crippen molar-refractivity contribution in [1.82, 2.24) is 4.90 Å². The Morgan fingerprint density at radius 2 is 1.64 bits per heavy atom. The monoisotopic (exact) mass is 599 g/mol. The van der Waals surface area contributed by atoms with Crippen LogP contribution in [0, 0.1) is 16.0 Å². The van der Waals surface area contributed by atoms with Crippen LogP contribution in [-0.2, 0) is 10.2 Å². The van der Waals surface area contributed by atoms with Crippen LogP contribution in [0.4, 0.5) is 11.4 Å². The van der Waals surface area contributed by atoms with Gasteiger partial charge in [-0.25, -0.2) is 0 Å². The van der Waals surface area contributed by atoms with Gasteiger partial charge in [-0.15, -0.1) is 0 Å². The molecule has 45 heavy (non-hydrogen) atoms. The molecule has 4 aromatic rings. The third-order valence-corrected chi connectivity index (χ3v) is 8.97. The van der Waals surface area contributed by atoms with E-state index >= 15 is 0 Å². The van der Waals surface area contributed by atoms with E-state index in [0.29, 0.717) is 22.6 Å². The molecule has 4 atom stereocenters. The van der Waals surface area contributed by atoms with E-state index in [0.717, 1.165) is 11.1 Å². The van der Waals surface area contributed by atoms with Crippen LogP contribution in [0.2, 0.25) is 0 Å². The molecule has 0 unspecified atom stereocenters. The lowest BCUT2D eigenvalue weighted by Crippen LogP contribution is -2.49. The summed E-state index contributed by atoms with van der Waals surface area (Å²) in [5, 5.41) is 14.7. The van der Waals surface area contributed by atoms with Gasteiger partial charge in [-0.3, -0.25) is 24.5 Å². The minimum absolute atomic E-state index is 0.0568. The van der Waals surface area contributed by atoms with Gasteiger partial charge < -0.3 is 15.0 Å². The lowest BCUT2D eigenvalue weighted by atomic mass is 9.62. The number of benzene rings is 4. The number of ketones is 2. The van der Waals surface area contributed by atoms with Crippen molar-refractivity contribution < 1.29 is 24.0 Å². The highest BCUT2D eigenvalue weighted by molar-refractivity contribution is 6.16. The number of rotatable bonds is 7. The molecule has 0 aliphatic carbocycles. The number of nitrogens with one attached hydrogen (secondary N) is 1. The number of carbonyl (C=O) groups is 3. The van der Waals surface area contributed by atoms with Gasteiger partial charge in [0, 0.05) is 35.1 Å². The minimum atomic E-state index is -1.53. The Bertz CT molecular complexity index is 1920. The van der Waals surface area contributed by atoms with Gasteiger partial charge >= 0.3 is 0 Å². The zero-order valence-corrected chi connectivity index (χ0v) is 24.5. The number of amides is 1. The Morgan fingerprint density at radius 3 is 2.40 bits per heavy atom. The molecule has 3 heterocycles. The predicted molar refractivity (Wildman–Crippen MR) is 168 cm³/mol. The molecule has 9 heteroatoms. The topological polar surface area (TPSA) is 119 Å². The Labute approximate surface area is 259 Å². The third kappa shape index (κ3) is 4.26. The number of nitrogens with zero attached hydrogens (tertiary/aromatic N) is 2. The van der Waals surface area contributed by atoms with Crippen molar-refractivity contribution in [3.05, 3.63) is 141 Å². The smallest absolute Gasteiger partial charge is 0.270 e. The van der Waals surface area contributed by atoms with Crippen molar-refractivity contribution in [2.24, 2.45) is 5.92 Å². The molecule has 224 valence electrons. The largest absolute Gasteiger partial charge is 0.491 e. The van der Waals surface area contributed by atoms with E-state index in [2.05, 4.69) is 5.32 Å². The molecule has 0 aromatic heterocycles. The van der Waals surface area contributed by atoms with Crippen LogP contribution < -0.4 is 10.1 Å². The second kappa shape index (κ2) is 10.6. The van der Waals surface area contributed by atoms with Crippen molar-refractivity contribution in [2.45, 2.75) is 37.5 Å². The molecule has 1 amide bonds. The van der Waals surface area contributed by atoms with Crippen LogP contribution >= 0.6 is 0 Å². The van der Waals surface area contributed by atoms with Crippen molar-refractivity contribution in [3.63, 3.8) is 0 Å². The molecule has 0 bridgehead atoms. The first kappa shape index (κ1) is 28.2. The van der Waals surface area contributed by atoms with Crippen LogP contribution in [0.1, 0.15) is 57.3 Å². The van der Waals surface area contributed by atoms with Crippen LogP contribution in [0.25, 0.3) is 6.08 Å². The van der Waals surface area contributed by atoms with Crippen LogP contribution in [0.5, 0.6) is 5.75 Å². The van der Waals surface area contributed by atoms with Gasteiger partial charge in [0.15, 0.2) is 11.6 Å². The molecule has 1 fully saturated rings. The van der Waals surface area contributed by atoms with Crippen LogP contribution in [-0.4, -0.2) is 39.4 Å². The van der Waals surface area contributed by atoms with Crippen molar-refractivity contribution >= 4 is 34.9 Å². The van der Waals surface area contributed by atoms with Crippen LogP contribution in [0.15, 0.2) is 103 Å². The van der Waals surface area contributed by atoms with E-state index < -0.39 is 40.0 Å². The van der Waals surface area contributed by atoms with Gasteiger partial charge in [0.1, 0.15) is 17.2 Å². The first-order valence-corrected chi connectivity index (χ1v) is 14.8. The van der Waals surface area contributed by atoms with E-state index in [1.54, 1.807) is 42.6 Å². The Morgan fingerprint density at radius 1 is 0.911 bits per heavy atom. The number of non-ortho nitro benzene ring substituents is 1. The van der Waals surface area contributed by atoms with E-state index in [9.17, 15) is 24.5 Å². The quantitative estimate of drug-likeness (QED) is 0.149. The number of carbonyl (C=O) groups excluding carboxylic acids is 3. The maximum Gasteiger partial charge on any atom is 0.270 e. The van der Waals surface area contributed by atoms with E-state index in [-0.39, 0.29) is 23.1 Å². The lowest BCUT2D eigenvalue weighted by molar-refractivity contribution is -0.384. The average Bonchev–Trinajstić information content (AvgIpc) is 3.52. The Hall–Kier alpha value is -5.57. The molecule has 0 saturated carbocycles. The number of para-hydroxylation sites is 1. The van der Waals surface area contributed by atoms with E-state index in [1.165, 1.54) is 24.3 Å². The van der Waals surface area contributed by atoms with Crippen LogP contribution in [0.3, 0.4) is 0 Å². The first-order chi connectivity index (χ1) is 21.7. The minimum Gasteiger partial charge on any atom is -0.491 e. The van der Waals surface area contributed by atoms with E-state index in [1.807, 2.05) is 61.2 Å². The predicted octanol–water partition coefficient (Wildman–Crippen LogP) is 6.36. The Kier molecular flexibility index (Phi) is 6.62. The maximum atomic E-state index is 14.9. The van der Waals surface area contributed by atoms with Gasteiger partial charge in [0.25, 0.3) is 5.69 Å². The summed E-state index contributed by atoms with van der Waals surface area (Å²) in [5.74, 6) is -1.91. The maximum absolute atomic E-state index is 14.9. The fourth-order valence-electron chi connectivity index (χ4n) is 7.26. The van der Waals surface area contributed by atoms with E-state index in [4.69, 9.17) is 4.74 Å². The fraction of sp³-hybridized carbons (Fsp3) is 0.194. The highest BCUT2D eigenvalue weighted by atomic mass is 16.6. The Balaban J connectivity index is 1.48. The molecule has 1 saturated heterocycles. The molecule has 9 nitrogen and oxygen atoms in total. The second-order valence-electron chi connectivity index (χ2n) is 11.8. The van der Waals surface area contributed by atoms with Crippen molar-refractivity contribution in [2.75, 3.05) is 5.32 Å². The molecule has 1 N–H and O–H groups in total. The van der Waals surface area contributed by atoms with Crippen molar-refractivity contribution in [1.29, 1.82) is 0 Å². The number of nitro benzene ring substituents is 1. The number of Topliss-reactive ketones (excluding diaryl/α,β-unsaturated/α-hetero) is 2. The summed E-state index contributed by atoms with van der Waals surface area (Å²) in [4.78, 5) is 57.1. The summed E-state index contributed by atoms with van der Waals surface area (Å²) in [6.07, 6.45) is 3.62. The number of hydrogen-bond donors (Lipinski definition) is 1. The summed E-state index contributed by atoms with van der Waals surface area (Å²) in [6.45, 7) is 3.82. The highest BCUT2D eigenvalue weighted by Gasteiger charge is 2.70. The average molecular weight is 600 g/mol. The molecule has 4 aromatic carbocycles. The van der Waals surface area contributed by atoms with Gasteiger partial charge in [-0.05, 0) is 66.9 Å². The second-order valence-corrected chi connectivity index (χ2v) is 11.8. The first-order valence-electron chi connectivity index (χ1n) is 14.8. The third-order valence-electron chi connectivity index (χ3n) is 8.97. The van der Waals surface area contributed by atoms with Crippen molar-refractivity contribution in [3.8, 4) is 5.75 Å². The molecule has 3 aliphatic heterocycles. The molecular weight excluding hydrogens is 570 g/mol.